The number of rotatable bonds is 3. The molecule has 5 N–H and O–H groups in total. The lowest BCUT2D eigenvalue weighted by atomic mass is 9.89. The van der Waals surface area contributed by atoms with Gasteiger partial charge in [0, 0.05) is 6.42 Å². The fourth-order valence-corrected chi connectivity index (χ4v) is 3.89. The van der Waals surface area contributed by atoms with Crippen LogP contribution in [0.3, 0.4) is 0 Å². The van der Waals surface area contributed by atoms with Gasteiger partial charge in [-0.3, -0.25) is 0 Å². The molecule has 29 heavy (non-hydrogen) atoms. The highest BCUT2D eigenvalue weighted by molar-refractivity contribution is 5.95. The highest BCUT2D eigenvalue weighted by Gasteiger charge is 2.44. The zero-order chi connectivity index (χ0) is 20.7. The van der Waals surface area contributed by atoms with Crippen molar-refractivity contribution in [2.75, 3.05) is 6.61 Å². The van der Waals surface area contributed by atoms with Crippen LogP contribution in [0.1, 0.15) is 39.3 Å². The van der Waals surface area contributed by atoms with Gasteiger partial charge in [-0.15, -0.1) is 0 Å². The number of benzene rings is 2. The summed E-state index contributed by atoms with van der Waals surface area (Å²) in [6.07, 6.45) is -6.25. The second-order valence-corrected chi connectivity index (χ2v) is 7.33. The molecule has 2 aliphatic rings. The first-order valence-corrected chi connectivity index (χ1v) is 9.33. The predicted molar refractivity (Wildman–Crippen MR) is 99.1 cm³/mol. The molecule has 0 unspecified atom stereocenters. The minimum atomic E-state index is -1.45. The largest absolute Gasteiger partial charge is 0.507 e. The zero-order valence-electron chi connectivity index (χ0n) is 15.4. The highest BCUT2D eigenvalue weighted by atomic mass is 16.5. The molecule has 0 saturated carbocycles. The van der Waals surface area contributed by atoms with Crippen LogP contribution in [-0.4, -0.2) is 62.5 Å². The van der Waals surface area contributed by atoms with Crippen LogP contribution >= 0.6 is 0 Å². The van der Waals surface area contributed by atoms with E-state index in [-0.39, 0.29) is 11.3 Å². The van der Waals surface area contributed by atoms with Gasteiger partial charge in [-0.05, 0) is 22.8 Å². The van der Waals surface area contributed by atoms with E-state index < -0.39 is 49.2 Å². The molecule has 0 amide bonds. The average Bonchev–Trinajstić information content (AvgIpc) is 2.72. The summed E-state index contributed by atoms with van der Waals surface area (Å²) in [4.78, 5) is 12.3. The molecule has 8 heteroatoms. The first-order valence-electron chi connectivity index (χ1n) is 9.33. The minimum absolute atomic E-state index is 0.107. The lowest BCUT2D eigenvalue weighted by Crippen LogP contribution is -2.55. The second-order valence-electron chi connectivity index (χ2n) is 7.33. The van der Waals surface area contributed by atoms with Gasteiger partial charge in [-0.1, -0.05) is 36.4 Å². The molecule has 0 radical (unpaired) electrons. The number of hydrogen-bond acceptors (Lipinski definition) is 8. The molecule has 1 fully saturated rings. The number of cyclic esters (lactones) is 1. The van der Waals surface area contributed by atoms with Gasteiger partial charge in [0.15, 0.2) is 0 Å². The molecule has 0 bridgehead atoms. The SMILES string of the molecule is O=C1O[C@H](c2ccc([C@@H]3O[C@H](CO)[C@@H](O)[C@H](O)[C@H]3O)cc2)Cc2cccc(O)c21. The maximum atomic E-state index is 12.3. The van der Waals surface area contributed by atoms with E-state index in [2.05, 4.69) is 0 Å². The van der Waals surface area contributed by atoms with Gasteiger partial charge in [-0.2, -0.15) is 0 Å². The minimum Gasteiger partial charge on any atom is -0.507 e. The molecule has 4 rings (SSSR count). The summed E-state index contributed by atoms with van der Waals surface area (Å²) in [5.41, 5.74) is 2.15. The van der Waals surface area contributed by atoms with E-state index in [1.165, 1.54) is 6.07 Å². The number of hydrogen-bond donors (Lipinski definition) is 5. The van der Waals surface area contributed by atoms with Crippen molar-refractivity contribution >= 4 is 5.97 Å². The maximum absolute atomic E-state index is 12.3. The summed E-state index contributed by atoms with van der Waals surface area (Å²) in [5, 5.41) is 49.3. The van der Waals surface area contributed by atoms with Gasteiger partial charge in [-0.25, -0.2) is 4.79 Å². The fourth-order valence-electron chi connectivity index (χ4n) is 3.89. The molecule has 0 spiro atoms. The third-order valence-corrected chi connectivity index (χ3v) is 5.52. The lowest BCUT2D eigenvalue weighted by molar-refractivity contribution is -0.231. The van der Waals surface area contributed by atoms with E-state index in [0.29, 0.717) is 17.5 Å². The van der Waals surface area contributed by atoms with Crippen molar-refractivity contribution < 1.29 is 39.8 Å². The topological polar surface area (TPSA) is 137 Å². The summed E-state index contributed by atoms with van der Waals surface area (Å²) in [6, 6.07) is 11.7. The number of aliphatic hydroxyl groups is 4. The van der Waals surface area contributed by atoms with Crippen LogP contribution < -0.4 is 0 Å². The molecule has 2 aliphatic heterocycles. The third-order valence-electron chi connectivity index (χ3n) is 5.52. The van der Waals surface area contributed by atoms with Gasteiger partial charge >= 0.3 is 5.97 Å². The van der Waals surface area contributed by atoms with Crippen LogP contribution in [-0.2, 0) is 15.9 Å². The van der Waals surface area contributed by atoms with Crippen LogP contribution in [0.4, 0.5) is 0 Å². The average molecular weight is 402 g/mol. The molecule has 2 aromatic carbocycles. The Hall–Kier alpha value is -2.49. The van der Waals surface area contributed by atoms with Crippen molar-refractivity contribution in [2.45, 2.75) is 43.0 Å². The molecule has 2 aromatic rings. The maximum Gasteiger partial charge on any atom is 0.342 e. The number of esters is 1. The standard InChI is InChI=1S/C21H22O8/c22-9-15-17(24)18(25)19(26)20(28-15)11-6-4-10(5-7-11)14-8-12-2-1-3-13(23)16(12)21(27)29-14/h1-7,14-15,17-20,22-26H,8-9H2/t14-,15+,17+,18-,19+,20-/m0/s1. The molecule has 1 saturated heterocycles. The smallest absolute Gasteiger partial charge is 0.342 e. The normalized spacial score (nSPS) is 31.8. The Bertz CT molecular complexity index is 894. The molecule has 8 nitrogen and oxygen atoms in total. The molecule has 0 aromatic heterocycles. The third kappa shape index (κ3) is 3.50. The number of carbonyl (C=O) groups is 1. The number of fused-ring (bicyclic) bond motifs is 1. The highest BCUT2D eigenvalue weighted by Crippen LogP contribution is 2.36. The summed E-state index contributed by atoms with van der Waals surface area (Å²) in [7, 11) is 0. The Kier molecular flexibility index (Phi) is 5.28. The Balaban J connectivity index is 1.55. The van der Waals surface area contributed by atoms with Gasteiger partial charge in [0.2, 0.25) is 0 Å². The molecule has 154 valence electrons. The van der Waals surface area contributed by atoms with Crippen LogP contribution in [0.15, 0.2) is 42.5 Å². The van der Waals surface area contributed by atoms with Crippen molar-refractivity contribution in [1.29, 1.82) is 0 Å². The quantitative estimate of drug-likeness (QED) is 0.464. The number of aliphatic hydroxyl groups excluding tert-OH is 4. The fraction of sp³-hybridized carbons (Fsp3) is 0.381. The van der Waals surface area contributed by atoms with E-state index in [1.807, 2.05) is 0 Å². The second kappa shape index (κ2) is 7.74. The van der Waals surface area contributed by atoms with Gasteiger partial charge < -0.3 is 35.0 Å². The predicted octanol–water partition coefficient (Wildman–Crippen LogP) is 0.361. The van der Waals surface area contributed by atoms with E-state index in [0.717, 1.165) is 5.56 Å². The van der Waals surface area contributed by atoms with Crippen molar-refractivity contribution in [3.8, 4) is 5.75 Å². The van der Waals surface area contributed by atoms with Crippen molar-refractivity contribution in [2.24, 2.45) is 0 Å². The molecule has 0 aliphatic carbocycles. The van der Waals surface area contributed by atoms with Crippen molar-refractivity contribution in [3.63, 3.8) is 0 Å². The number of phenols is 1. The lowest BCUT2D eigenvalue weighted by Gasteiger charge is -2.40. The Labute approximate surface area is 166 Å². The van der Waals surface area contributed by atoms with E-state index in [9.17, 15) is 30.3 Å². The van der Waals surface area contributed by atoms with Crippen LogP contribution in [0.25, 0.3) is 0 Å². The number of ether oxygens (including phenoxy) is 2. The van der Waals surface area contributed by atoms with Crippen LogP contribution in [0.2, 0.25) is 0 Å². The van der Waals surface area contributed by atoms with Crippen molar-refractivity contribution in [1.82, 2.24) is 0 Å². The number of aromatic hydroxyl groups is 1. The molecule has 6 atom stereocenters. The molecule has 2 heterocycles. The van der Waals surface area contributed by atoms with Crippen molar-refractivity contribution in [3.05, 3.63) is 64.7 Å². The number of carbonyl (C=O) groups excluding carboxylic acids is 1. The monoisotopic (exact) mass is 402 g/mol. The van der Waals surface area contributed by atoms with Gasteiger partial charge in [0.05, 0.1) is 6.61 Å². The summed E-state index contributed by atoms with van der Waals surface area (Å²) < 4.78 is 11.0. The summed E-state index contributed by atoms with van der Waals surface area (Å²) >= 11 is 0. The van der Waals surface area contributed by atoms with Gasteiger partial charge in [0.1, 0.15) is 47.9 Å². The molecular formula is C21H22O8. The Morgan fingerprint density at radius 3 is 2.31 bits per heavy atom. The van der Waals surface area contributed by atoms with E-state index in [1.54, 1.807) is 36.4 Å². The van der Waals surface area contributed by atoms with Crippen LogP contribution in [0.5, 0.6) is 5.75 Å². The van der Waals surface area contributed by atoms with Gasteiger partial charge in [0.25, 0.3) is 0 Å². The van der Waals surface area contributed by atoms with E-state index >= 15 is 0 Å². The first-order chi connectivity index (χ1) is 13.9. The van der Waals surface area contributed by atoms with Crippen LogP contribution in [0, 0.1) is 0 Å². The summed E-state index contributed by atoms with van der Waals surface area (Å²) in [5.74, 6) is -0.698. The number of phenolic OH excluding ortho intramolecular Hbond substituents is 1. The Morgan fingerprint density at radius 1 is 0.931 bits per heavy atom. The zero-order valence-corrected chi connectivity index (χ0v) is 15.4. The summed E-state index contributed by atoms with van der Waals surface area (Å²) in [6.45, 7) is -0.496. The Morgan fingerprint density at radius 2 is 1.62 bits per heavy atom. The van der Waals surface area contributed by atoms with E-state index in [4.69, 9.17) is 9.47 Å². The first kappa shape index (κ1) is 19.8. The molecular weight excluding hydrogens is 380 g/mol.